The van der Waals surface area contributed by atoms with Crippen LogP contribution in [0.15, 0.2) is 42.7 Å². The van der Waals surface area contributed by atoms with Gasteiger partial charge in [-0.1, -0.05) is 25.1 Å². The van der Waals surface area contributed by atoms with Gasteiger partial charge >= 0.3 is 0 Å². The number of imidazole rings is 1. The minimum Gasteiger partial charge on any atom is -0.755 e. The van der Waals surface area contributed by atoms with Gasteiger partial charge in [0.2, 0.25) is 0 Å². The Labute approximate surface area is 246 Å². The van der Waals surface area contributed by atoms with Crippen LogP contribution in [0, 0.1) is 6.92 Å². The summed E-state index contributed by atoms with van der Waals surface area (Å²) in [5.41, 5.74) is 3.84. The van der Waals surface area contributed by atoms with Crippen LogP contribution in [0.3, 0.4) is 0 Å². The average molecular weight is 593 g/mol. The van der Waals surface area contributed by atoms with Gasteiger partial charge in [-0.15, -0.1) is 5.10 Å². The van der Waals surface area contributed by atoms with Gasteiger partial charge in [0.25, 0.3) is 5.91 Å². The lowest BCUT2D eigenvalue weighted by Crippen LogP contribution is -2.26. The van der Waals surface area contributed by atoms with Crippen molar-refractivity contribution in [2.24, 2.45) is 7.05 Å². The maximum Gasteiger partial charge on any atom is 0.255 e. The molecular formula is C29H34N7O5S-. The van der Waals surface area contributed by atoms with Crippen LogP contribution in [0.4, 0.5) is 11.4 Å². The van der Waals surface area contributed by atoms with Crippen LogP contribution in [0.5, 0.6) is 5.75 Å². The molecule has 0 saturated heterocycles. The van der Waals surface area contributed by atoms with Crippen LogP contribution >= 0.6 is 0 Å². The van der Waals surface area contributed by atoms with Gasteiger partial charge in [-0.05, 0) is 55.2 Å². The summed E-state index contributed by atoms with van der Waals surface area (Å²) in [6.07, 6.45) is 5.92. The van der Waals surface area contributed by atoms with E-state index in [-0.39, 0.29) is 23.7 Å². The fraction of sp³-hybridized carbons (Fsp3) is 0.379. The zero-order valence-electron chi connectivity index (χ0n) is 24.4. The van der Waals surface area contributed by atoms with E-state index in [9.17, 15) is 18.7 Å². The molecule has 0 bridgehead atoms. The summed E-state index contributed by atoms with van der Waals surface area (Å²) in [7, 11) is 4.75. The summed E-state index contributed by atoms with van der Waals surface area (Å²) in [4.78, 5) is 18.1. The number of hydrogen-bond acceptors (Lipinski definition) is 8. The van der Waals surface area contributed by atoms with Gasteiger partial charge in [0.05, 0.1) is 48.9 Å². The zero-order valence-corrected chi connectivity index (χ0v) is 25.2. The number of anilines is 2. The van der Waals surface area contributed by atoms with E-state index in [1.807, 2.05) is 46.3 Å². The van der Waals surface area contributed by atoms with Crippen LogP contribution in [0.2, 0.25) is 0 Å². The molecular weight excluding hydrogens is 558 g/mol. The smallest absolute Gasteiger partial charge is 0.255 e. The highest BCUT2D eigenvalue weighted by Crippen LogP contribution is 2.41. The lowest BCUT2D eigenvalue weighted by Gasteiger charge is -2.29. The number of benzene rings is 2. The van der Waals surface area contributed by atoms with Gasteiger partial charge in [-0.3, -0.25) is 9.00 Å². The van der Waals surface area contributed by atoms with Crippen molar-refractivity contribution >= 4 is 28.5 Å². The Balaban J connectivity index is 1.48. The predicted molar refractivity (Wildman–Crippen MR) is 159 cm³/mol. The fourth-order valence-electron chi connectivity index (χ4n) is 4.79. The molecule has 1 unspecified atom stereocenters. The number of carbonyl (C=O) groups excluding carboxylic acids is 1. The number of hydrogen-bond donors (Lipinski definition) is 2. The number of nitrogens with zero attached hydrogens (tertiary/aromatic N) is 6. The standard InChI is InChI=1S/C29H35N7O5S/c1-17-7-8-19(11-23(17)36-15-22(32-33-36)25-14-30-27(34(25)4)18-9-10-18)28(38)31-21-12-20(29(2,3)16-37)13-24(26(21)41-6)35(5)42(39)40/h7-8,11-15,18,37H,9-10,16H2,1-6H3,(H,31,38)(H,39,40)/p-1. The molecule has 1 fully saturated rings. The first-order valence-corrected chi connectivity index (χ1v) is 14.5. The molecule has 2 aromatic heterocycles. The molecule has 5 rings (SSSR count). The monoisotopic (exact) mass is 592 g/mol. The molecule has 222 valence electrons. The Morgan fingerprint density at radius 1 is 1.29 bits per heavy atom. The van der Waals surface area contributed by atoms with Crippen LogP contribution in [-0.4, -0.2) is 65.1 Å². The molecule has 42 heavy (non-hydrogen) atoms. The van der Waals surface area contributed by atoms with E-state index in [2.05, 4.69) is 25.2 Å². The van der Waals surface area contributed by atoms with Gasteiger partial charge < -0.3 is 28.6 Å². The van der Waals surface area contributed by atoms with Crippen molar-refractivity contribution in [1.82, 2.24) is 24.5 Å². The number of amides is 1. The van der Waals surface area contributed by atoms with E-state index in [1.165, 1.54) is 14.2 Å². The Morgan fingerprint density at radius 3 is 2.67 bits per heavy atom. The van der Waals surface area contributed by atoms with E-state index < -0.39 is 22.6 Å². The van der Waals surface area contributed by atoms with Crippen LogP contribution in [0.25, 0.3) is 17.1 Å². The largest absolute Gasteiger partial charge is 0.755 e. The Bertz CT molecular complexity index is 1670. The third kappa shape index (κ3) is 5.54. The average Bonchev–Trinajstić information content (AvgIpc) is 3.57. The van der Waals surface area contributed by atoms with E-state index >= 15 is 0 Å². The highest BCUT2D eigenvalue weighted by molar-refractivity contribution is 7.80. The zero-order chi connectivity index (χ0) is 30.3. The summed E-state index contributed by atoms with van der Waals surface area (Å²) in [5.74, 6) is 1.28. The van der Waals surface area contributed by atoms with E-state index in [0.717, 1.165) is 34.2 Å². The SMILES string of the molecule is COc1c(NC(=O)c2ccc(C)c(-n3cc(-c4cnc(C5CC5)n4C)nn3)c2)cc(C(C)(C)CO)cc1N(C)S(=O)[O-]. The Hall–Kier alpha value is -4.07. The van der Waals surface area contributed by atoms with Crippen molar-refractivity contribution in [2.75, 3.05) is 30.4 Å². The second-order valence-electron chi connectivity index (χ2n) is 11.2. The minimum absolute atomic E-state index is 0.169. The number of nitrogens with one attached hydrogen (secondary N) is 1. The fourth-order valence-corrected chi connectivity index (χ4v) is 5.09. The van der Waals surface area contributed by atoms with Gasteiger partial charge in [-0.25, -0.2) is 9.67 Å². The number of aliphatic hydroxyl groups excluding tert-OH is 1. The Morgan fingerprint density at radius 2 is 2.02 bits per heavy atom. The number of rotatable bonds is 10. The van der Waals surface area contributed by atoms with Crippen molar-refractivity contribution in [3.05, 3.63) is 65.2 Å². The first-order valence-electron chi connectivity index (χ1n) is 13.5. The van der Waals surface area contributed by atoms with Gasteiger partial charge in [0.1, 0.15) is 11.5 Å². The summed E-state index contributed by atoms with van der Waals surface area (Å²) in [6, 6.07) is 8.55. The summed E-state index contributed by atoms with van der Waals surface area (Å²) in [5, 5.41) is 21.5. The summed E-state index contributed by atoms with van der Waals surface area (Å²) < 4.78 is 33.9. The minimum atomic E-state index is -2.60. The summed E-state index contributed by atoms with van der Waals surface area (Å²) in [6.45, 7) is 5.35. The van der Waals surface area contributed by atoms with Gasteiger partial charge in [0.15, 0.2) is 5.75 Å². The molecule has 0 spiro atoms. The molecule has 1 aliphatic rings. The highest BCUT2D eigenvalue weighted by atomic mass is 32.2. The maximum absolute atomic E-state index is 13.6. The molecule has 1 saturated carbocycles. The van der Waals surface area contributed by atoms with Gasteiger partial charge in [0, 0.05) is 42.3 Å². The van der Waals surface area contributed by atoms with Crippen LogP contribution < -0.4 is 14.4 Å². The maximum atomic E-state index is 13.6. The molecule has 12 nitrogen and oxygen atoms in total. The third-order valence-electron chi connectivity index (χ3n) is 7.70. The molecule has 2 N–H and O–H groups in total. The highest BCUT2D eigenvalue weighted by Gasteiger charge is 2.29. The van der Waals surface area contributed by atoms with Crippen molar-refractivity contribution in [2.45, 2.75) is 44.9 Å². The molecule has 2 heterocycles. The van der Waals surface area contributed by atoms with E-state index in [4.69, 9.17) is 4.74 Å². The first kappa shape index (κ1) is 29.4. The number of ether oxygens (including phenoxy) is 1. The van der Waals surface area contributed by atoms with Gasteiger partial charge in [-0.2, -0.15) is 0 Å². The summed E-state index contributed by atoms with van der Waals surface area (Å²) >= 11 is -2.60. The van der Waals surface area contributed by atoms with Crippen LogP contribution in [0.1, 0.15) is 59.9 Å². The number of aromatic nitrogens is 5. The predicted octanol–water partition coefficient (Wildman–Crippen LogP) is 3.61. The second-order valence-corrected chi connectivity index (χ2v) is 12.2. The second kappa shape index (κ2) is 11.3. The van der Waals surface area contributed by atoms with Crippen molar-refractivity contribution in [3.63, 3.8) is 0 Å². The van der Waals surface area contributed by atoms with Crippen LogP contribution in [-0.2, 0) is 23.7 Å². The molecule has 2 aromatic carbocycles. The number of carbonyl (C=O) groups is 1. The van der Waals surface area contributed by atoms with Crippen molar-refractivity contribution in [3.8, 4) is 22.8 Å². The molecule has 4 aromatic rings. The Kier molecular flexibility index (Phi) is 7.92. The molecule has 1 atom stereocenters. The molecule has 0 radical (unpaired) electrons. The van der Waals surface area contributed by atoms with Crippen molar-refractivity contribution in [1.29, 1.82) is 0 Å². The van der Waals surface area contributed by atoms with E-state index in [1.54, 1.807) is 28.9 Å². The van der Waals surface area contributed by atoms with Crippen molar-refractivity contribution < 1.29 is 23.4 Å². The lowest BCUT2D eigenvalue weighted by atomic mass is 9.85. The molecule has 13 heteroatoms. The quantitative estimate of drug-likeness (QED) is 0.265. The number of aliphatic hydroxyl groups is 1. The third-order valence-corrected chi connectivity index (χ3v) is 8.35. The molecule has 0 aliphatic heterocycles. The van der Waals surface area contributed by atoms with E-state index in [0.29, 0.717) is 28.4 Å². The number of methoxy groups -OCH3 is 1. The number of aryl methyl sites for hydroxylation is 1. The first-order chi connectivity index (χ1) is 19.9. The molecule has 1 aliphatic carbocycles. The normalized spacial score (nSPS) is 14.1. The topological polar surface area (TPSA) is 150 Å². The molecule has 1 amide bonds. The lowest BCUT2D eigenvalue weighted by molar-refractivity contribution is 0.102.